The molecule has 1 aromatic heterocycles. The number of nitrogens with zero attached hydrogens (tertiary/aromatic N) is 6. The van der Waals surface area contributed by atoms with Crippen LogP contribution in [0.5, 0.6) is 0 Å². The number of thioether (sulfide) groups is 1. The number of carbonyl (C=O) groups excluding carboxylic acids is 2. The largest absolute Gasteiger partial charge is 0.342 e. The number of carbonyl (C=O) groups is 2. The van der Waals surface area contributed by atoms with Gasteiger partial charge in [0.05, 0.1) is 12.3 Å². The molecule has 2 saturated heterocycles. The van der Waals surface area contributed by atoms with Gasteiger partial charge in [0.25, 0.3) is 0 Å². The van der Waals surface area contributed by atoms with Crippen LogP contribution in [0.25, 0.3) is 0 Å². The third-order valence-electron chi connectivity index (χ3n) is 4.92. The lowest BCUT2D eigenvalue weighted by Crippen LogP contribution is -2.51. The molecule has 3 heterocycles. The molecule has 0 N–H and O–H groups in total. The molecule has 0 spiro atoms. The molecular formula is C16H26N6O2S. The molecule has 1 aromatic rings. The van der Waals surface area contributed by atoms with Crippen LogP contribution in [0.4, 0.5) is 0 Å². The van der Waals surface area contributed by atoms with E-state index < -0.39 is 0 Å². The summed E-state index contributed by atoms with van der Waals surface area (Å²) in [5, 5.41) is 8.84. The van der Waals surface area contributed by atoms with Crippen molar-refractivity contribution in [3.8, 4) is 0 Å². The number of piperazine rings is 1. The molecule has 0 saturated carbocycles. The van der Waals surface area contributed by atoms with Crippen LogP contribution in [-0.2, 0) is 16.6 Å². The van der Waals surface area contributed by atoms with E-state index in [1.807, 2.05) is 28.3 Å². The predicted molar refractivity (Wildman–Crippen MR) is 95.3 cm³/mol. The van der Waals surface area contributed by atoms with Crippen molar-refractivity contribution < 1.29 is 9.59 Å². The molecule has 2 aliphatic heterocycles. The van der Waals surface area contributed by atoms with Gasteiger partial charge in [0.1, 0.15) is 5.82 Å². The van der Waals surface area contributed by atoms with Crippen molar-refractivity contribution in [3.63, 3.8) is 0 Å². The van der Waals surface area contributed by atoms with Crippen molar-refractivity contribution >= 4 is 23.6 Å². The topological polar surface area (TPSA) is 74.6 Å². The fraction of sp³-hybridized carbons (Fsp3) is 0.750. The summed E-state index contributed by atoms with van der Waals surface area (Å²) >= 11 is 1.42. The van der Waals surface area contributed by atoms with Crippen LogP contribution >= 0.6 is 11.8 Å². The van der Waals surface area contributed by atoms with E-state index in [1.54, 1.807) is 0 Å². The molecule has 0 aromatic carbocycles. The Morgan fingerprint density at radius 1 is 0.960 bits per heavy atom. The minimum absolute atomic E-state index is 0.121. The van der Waals surface area contributed by atoms with E-state index in [0.717, 1.165) is 50.0 Å². The van der Waals surface area contributed by atoms with Crippen LogP contribution in [-0.4, -0.2) is 92.8 Å². The normalized spacial score (nSPS) is 18.8. The van der Waals surface area contributed by atoms with Crippen molar-refractivity contribution in [1.82, 2.24) is 29.5 Å². The van der Waals surface area contributed by atoms with Gasteiger partial charge in [-0.3, -0.25) is 14.5 Å². The maximum Gasteiger partial charge on any atom is 0.236 e. The van der Waals surface area contributed by atoms with Crippen LogP contribution < -0.4 is 0 Å². The van der Waals surface area contributed by atoms with E-state index in [1.165, 1.54) is 11.8 Å². The molecule has 8 nitrogen and oxygen atoms in total. The van der Waals surface area contributed by atoms with Gasteiger partial charge in [0.15, 0.2) is 5.16 Å². The van der Waals surface area contributed by atoms with Gasteiger partial charge in [-0.05, 0) is 19.8 Å². The van der Waals surface area contributed by atoms with Crippen LogP contribution in [0, 0.1) is 6.92 Å². The van der Waals surface area contributed by atoms with Gasteiger partial charge in [0, 0.05) is 46.3 Å². The number of aryl methyl sites for hydroxylation is 1. The van der Waals surface area contributed by atoms with Gasteiger partial charge in [-0.25, -0.2) is 0 Å². The van der Waals surface area contributed by atoms with Crippen molar-refractivity contribution in [2.45, 2.75) is 24.9 Å². The molecule has 0 unspecified atom stereocenters. The van der Waals surface area contributed by atoms with Gasteiger partial charge >= 0.3 is 0 Å². The SMILES string of the molecule is Cc1nnc(SCC(=O)N2CCN(CC(=O)N3CCCC3)CC2)n1C. The summed E-state index contributed by atoms with van der Waals surface area (Å²) in [6.45, 7) is 7.07. The lowest BCUT2D eigenvalue weighted by molar-refractivity contribution is -0.133. The molecule has 0 atom stereocenters. The predicted octanol–water partition coefficient (Wildman–Crippen LogP) is -0.0178. The minimum atomic E-state index is 0.121. The highest BCUT2D eigenvalue weighted by Gasteiger charge is 2.25. The van der Waals surface area contributed by atoms with E-state index in [-0.39, 0.29) is 11.8 Å². The highest BCUT2D eigenvalue weighted by atomic mass is 32.2. The van der Waals surface area contributed by atoms with Crippen molar-refractivity contribution in [1.29, 1.82) is 0 Å². The summed E-state index contributed by atoms with van der Waals surface area (Å²) in [7, 11) is 1.90. The second-order valence-electron chi connectivity index (χ2n) is 6.62. The van der Waals surface area contributed by atoms with Crippen molar-refractivity contribution in [2.75, 3.05) is 51.6 Å². The molecule has 9 heteroatoms. The standard InChI is InChI=1S/C16H26N6O2S/c1-13-17-18-16(19(13)2)25-12-15(24)22-9-7-20(8-10-22)11-14(23)21-5-3-4-6-21/h3-12H2,1-2H3. The Morgan fingerprint density at radius 3 is 2.20 bits per heavy atom. The second kappa shape index (κ2) is 8.18. The first-order chi connectivity index (χ1) is 12.0. The molecular weight excluding hydrogens is 340 g/mol. The Labute approximate surface area is 152 Å². The van der Waals surface area contributed by atoms with Crippen LogP contribution in [0.1, 0.15) is 18.7 Å². The Bertz CT molecular complexity index is 620. The van der Waals surface area contributed by atoms with Gasteiger partial charge in [0.2, 0.25) is 11.8 Å². The molecule has 3 rings (SSSR count). The summed E-state index contributed by atoms with van der Waals surface area (Å²) in [5.74, 6) is 1.56. The maximum atomic E-state index is 12.4. The first-order valence-electron chi connectivity index (χ1n) is 8.81. The fourth-order valence-corrected chi connectivity index (χ4v) is 4.00. The fourth-order valence-electron chi connectivity index (χ4n) is 3.14. The van der Waals surface area contributed by atoms with Gasteiger partial charge in [-0.2, -0.15) is 0 Å². The molecule has 2 amide bonds. The summed E-state index contributed by atoms with van der Waals surface area (Å²) < 4.78 is 1.89. The summed E-state index contributed by atoms with van der Waals surface area (Å²) in [5.41, 5.74) is 0. The van der Waals surface area contributed by atoms with Gasteiger partial charge in [-0.1, -0.05) is 11.8 Å². The quantitative estimate of drug-likeness (QED) is 0.682. The molecule has 2 aliphatic rings. The first-order valence-corrected chi connectivity index (χ1v) is 9.80. The lowest BCUT2D eigenvalue weighted by atomic mass is 10.3. The Balaban J connectivity index is 1.40. The molecule has 138 valence electrons. The van der Waals surface area contributed by atoms with E-state index >= 15 is 0 Å². The van der Waals surface area contributed by atoms with Crippen LogP contribution in [0.2, 0.25) is 0 Å². The van der Waals surface area contributed by atoms with Gasteiger partial charge < -0.3 is 14.4 Å². The highest BCUT2D eigenvalue weighted by Crippen LogP contribution is 2.16. The number of hydrogen-bond donors (Lipinski definition) is 0. The molecule has 2 fully saturated rings. The highest BCUT2D eigenvalue weighted by molar-refractivity contribution is 7.99. The molecule has 0 bridgehead atoms. The van der Waals surface area contributed by atoms with Crippen LogP contribution in [0.15, 0.2) is 5.16 Å². The third kappa shape index (κ3) is 4.52. The Hall–Kier alpha value is -1.61. The van der Waals surface area contributed by atoms with Crippen molar-refractivity contribution in [3.05, 3.63) is 5.82 Å². The Morgan fingerprint density at radius 2 is 1.60 bits per heavy atom. The monoisotopic (exact) mass is 366 g/mol. The molecule has 25 heavy (non-hydrogen) atoms. The molecule has 0 aliphatic carbocycles. The average Bonchev–Trinajstić information content (AvgIpc) is 3.25. The van der Waals surface area contributed by atoms with E-state index in [2.05, 4.69) is 15.1 Å². The Kier molecular flexibility index (Phi) is 5.95. The summed E-state index contributed by atoms with van der Waals surface area (Å²) in [6, 6.07) is 0. The number of rotatable bonds is 5. The van der Waals surface area contributed by atoms with Crippen LogP contribution in [0.3, 0.4) is 0 Å². The number of hydrogen-bond acceptors (Lipinski definition) is 6. The number of aromatic nitrogens is 3. The average molecular weight is 366 g/mol. The maximum absolute atomic E-state index is 12.4. The number of amides is 2. The van der Waals surface area contributed by atoms with E-state index in [4.69, 9.17) is 0 Å². The van der Waals surface area contributed by atoms with Gasteiger partial charge in [-0.15, -0.1) is 10.2 Å². The summed E-state index contributed by atoms with van der Waals surface area (Å²) in [6.07, 6.45) is 2.24. The lowest BCUT2D eigenvalue weighted by Gasteiger charge is -2.35. The first kappa shape index (κ1) is 18.2. The summed E-state index contributed by atoms with van der Waals surface area (Å²) in [4.78, 5) is 30.6. The number of likely N-dealkylation sites (tertiary alicyclic amines) is 1. The zero-order valence-electron chi connectivity index (χ0n) is 15.0. The zero-order chi connectivity index (χ0) is 17.8. The van der Waals surface area contributed by atoms with E-state index in [0.29, 0.717) is 25.4 Å². The van der Waals surface area contributed by atoms with E-state index in [9.17, 15) is 9.59 Å². The molecule has 0 radical (unpaired) electrons. The van der Waals surface area contributed by atoms with Crippen molar-refractivity contribution in [2.24, 2.45) is 7.05 Å². The minimum Gasteiger partial charge on any atom is -0.342 e. The zero-order valence-corrected chi connectivity index (χ0v) is 15.8. The smallest absolute Gasteiger partial charge is 0.236 e. The third-order valence-corrected chi connectivity index (χ3v) is 5.92. The second-order valence-corrected chi connectivity index (χ2v) is 7.56.